The molecule has 4 N–H and O–H groups in total. The molecule has 0 amide bonds. The van der Waals surface area contributed by atoms with Gasteiger partial charge in [0.15, 0.2) is 0 Å². The Morgan fingerprint density at radius 1 is 1.23 bits per heavy atom. The van der Waals surface area contributed by atoms with Crippen LogP contribution in [0.25, 0.3) is 0 Å². The molecule has 2 unspecified atom stereocenters. The summed E-state index contributed by atoms with van der Waals surface area (Å²) in [6.07, 6.45) is 2.51. The third kappa shape index (κ3) is 7.17. The zero-order valence-electron chi connectivity index (χ0n) is 13.0. The summed E-state index contributed by atoms with van der Waals surface area (Å²) < 4.78 is 11.7. The van der Waals surface area contributed by atoms with Crippen molar-refractivity contribution in [2.45, 2.75) is 37.9 Å². The van der Waals surface area contributed by atoms with Crippen LogP contribution in [0.3, 0.4) is 0 Å². The van der Waals surface area contributed by atoms with E-state index in [9.17, 15) is 14.5 Å². The number of carboxylic acid groups (broad SMARTS) is 1. The molecule has 0 fully saturated rings. The predicted molar refractivity (Wildman–Crippen MR) is 83.4 cm³/mol. The van der Waals surface area contributed by atoms with E-state index in [0.717, 1.165) is 25.8 Å². The van der Waals surface area contributed by atoms with Crippen LogP contribution in [0.15, 0.2) is 0 Å². The molecule has 10 heteroatoms. The molecular weight excluding hydrogens is 353 g/mol. The summed E-state index contributed by atoms with van der Waals surface area (Å²) >= 11 is 4.17. The average Bonchev–Trinajstić information content (AvgIpc) is 2.35. The van der Waals surface area contributed by atoms with Crippen molar-refractivity contribution >= 4 is 26.2 Å². The number of hydrogen-bond donors (Lipinski definition) is 5. The summed E-state index contributed by atoms with van der Waals surface area (Å²) in [5.41, 5.74) is 0. The maximum absolute atomic E-state index is 11.3. The minimum Gasteiger partial charge on any atom is -1.00 e. The number of aliphatic carboxylic acids is 1. The van der Waals surface area contributed by atoms with Gasteiger partial charge in [-0.05, 0) is 12.8 Å². The molecule has 0 spiro atoms. The highest BCUT2D eigenvalue weighted by Gasteiger charge is 2.53. The lowest BCUT2D eigenvalue weighted by Gasteiger charge is -2.36. The van der Waals surface area contributed by atoms with Crippen molar-refractivity contribution in [3.8, 4) is 0 Å². The highest BCUT2D eigenvalue weighted by molar-refractivity contribution is 7.80. The van der Waals surface area contributed by atoms with Crippen LogP contribution >= 0.6 is 20.2 Å². The van der Waals surface area contributed by atoms with Gasteiger partial charge in [0.1, 0.15) is 0 Å². The van der Waals surface area contributed by atoms with Crippen LogP contribution in [-0.4, -0.2) is 68.2 Å². The number of carboxylic acids is 1. The minimum absolute atomic E-state index is 0. The number of hydrogen-bond acceptors (Lipinski definition) is 4. The molecule has 2 atom stereocenters. The van der Waals surface area contributed by atoms with E-state index in [-0.39, 0.29) is 19.0 Å². The van der Waals surface area contributed by atoms with Crippen LogP contribution in [0.1, 0.15) is 32.6 Å². The summed E-state index contributed by atoms with van der Waals surface area (Å²) in [5.74, 6) is -1.31. The number of rotatable bonds is 11. The van der Waals surface area contributed by atoms with Crippen molar-refractivity contribution in [3.05, 3.63) is 0 Å². The maximum Gasteiger partial charge on any atom is 0.368 e. The fraction of sp³-hybridized carbons (Fsp3) is 0.917. The van der Waals surface area contributed by atoms with Gasteiger partial charge in [-0.25, -0.2) is 4.79 Å². The predicted octanol–water partition coefficient (Wildman–Crippen LogP) is -2.10. The number of quaternary nitrogens is 1. The Labute approximate surface area is 143 Å². The van der Waals surface area contributed by atoms with Gasteiger partial charge in [0.05, 0.1) is 26.7 Å². The Bertz CT molecular complexity index is 396. The summed E-state index contributed by atoms with van der Waals surface area (Å²) in [7, 11) is -3.27. The molecule has 0 aliphatic carbocycles. The number of unbranched alkanes of at least 4 members (excludes halogenated alkanes) is 2. The topological polar surface area (TPSA) is 115 Å². The molecule has 0 bridgehead atoms. The molecule has 7 nitrogen and oxygen atoms in total. The van der Waals surface area contributed by atoms with Gasteiger partial charge in [-0.15, -0.1) is 0 Å². The Balaban J connectivity index is 0. The Morgan fingerprint density at radius 3 is 2.14 bits per heavy atom. The lowest BCUT2D eigenvalue weighted by Crippen LogP contribution is -3.00. The lowest BCUT2D eigenvalue weighted by atomic mass is 10.1. The molecule has 0 saturated heterocycles. The standard InChI is InChI=1S/C12H26NO6PS.ClH/c1-3-4-5-7-13(2,9-10-21)8-6-12(16,11(14)15)20(17,18)19;/h16H,3-10H2,1-2H3,(H3-,14,15,17,18,19,21);1H. The van der Waals surface area contributed by atoms with Gasteiger partial charge < -0.3 is 36.9 Å². The van der Waals surface area contributed by atoms with Crippen LogP contribution in [0.5, 0.6) is 0 Å². The van der Waals surface area contributed by atoms with E-state index in [2.05, 4.69) is 19.6 Å². The first-order valence-electron chi connectivity index (χ1n) is 6.98. The molecule has 0 radical (unpaired) electrons. The molecule has 0 aliphatic rings. The monoisotopic (exact) mass is 379 g/mol. The van der Waals surface area contributed by atoms with Gasteiger partial charge in [-0.2, -0.15) is 12.6 Å². The molecular formula is C12H27ClNO6PS. The van der Waals surface area contributed by atoms with E-state index in [1.165, 1.54) is 0 Å². The lowest BCUT2D eigenvalue weighted by molar-refractivity contribution is -0.908. The van der Waals surface area contributed by atoms with Crippen LogP contribution in [0, 0.1) is 0 Å². The van der Waals surface area contributed by atoms with Gasteiger partial charge in [0.25, 0.3) is 5.34 Å². The zero-order valence-corrected chi connectivity index (χ0v) is 15.5. The highest BCUT2D eigenvalue weighted by Crippen LogP contribution is 2.51. The molecule has 0 rings (SSSR count). The molecule has 0 aliphatic heterocycles. The van der Waals surface area contributed by atoms with Gasteiger partial charge in [-0.3, -0.25) is 4.57 Å². The van der Waals surface area contributed by atoms with Crippen molar-refractivity contribution in [1.29, 1.82) is 0 Å². The van der Waals surface area contributed by atoms with E-state index in [0.29, 0.717) is 16.8 Å². The van der Waals surface area contributed by atoms with Crippen molar-refractivity contribution in [2.75, 3.05) is 32.4 Å². The van der Waals surface area contributed by atoms with E-state index >= 15 is 0 Å². The summed E-state index contributed by atoms with van der Waals surface area (Å²) in [4.78, 5) is 29.3. The van der Waals surface area contributed by atoms with Crippen molar-refractivity contribution < 1.29 is 46.2 Å². The van der Waals surface area contributed by atoms with Crippen LogP contribution in [0.2, 0.25) is 0 Å². The number of halogens is 1. The molecule has 0 saturated carbocycles. The molecule has 134 valence electrons. The van der Waals surface area contributed by atoms with Crippen molar-refractivity contribution in [2.24, 2.45) is 0 Å². The second kappa shape index (κ2) is 10.1. The number of aliphatic hydroxyl groups is 1. The minimum atomic E-state index is -5.15. The van der Waals surface area contributed by atoms with Crippen molar-refractivity contribution in [3.63, 3.8) is 0 Å². The van der Waals surface area contributed by atoms with E-state index in [1.807, 2.05) is 7.05 Å². The van der Waals surface area contributed by atoms with E-state index in [4.69, 9.17) is 14.9 Å². The van der Waals surface area contributed by atoms with E-state index in [1.54, 1.807) is 0 Å². The van der Waals surface area contributed by atoms with Gasteiger partial charge in [-0.1, -0.05) is 13.3 Å². The molecule has 0 aromatic carbocycles. The summed E-state index contributed by atoms with van der Waals surface area (Å²) in [6, 6.07) is 0. The first-order chi connectivity index (χ1) is 9.52. The quantitative estimate of drug-likeness (QED) is 0.122. The van der Waals surface area contributed by atoms with Crippen LogP contribution < -0.4 is 12.4 Å². The zero-order chi connectivity index (χ0) is 16.7. The number of thiol groups is 1. The third-order valence-corrected chi connectivity index (χ3v) is 5.34. The average molecular weight is 380 g/mol. The first-order valence-corrected chi connectivity index (χ1v) is 9.23. The number of nitrogens with zero attached hydrogens (tertiary/aromatic N) is 1. The maximum atomic E-state index is 11.3. The Morgan fingerprint density at radius 2 is 1.77 bits per heavy atom. The van der Waals surface area contributed by atoms with Crippen molar-refractivity contribution in [1.82, 2.24) is 0 Å². The Hall–Kier alpha value is 0.180. The fourth-order valence-corrected chi connectivity index (χ4v) is 3.25. The van der Waals surface area contributed by atoms with Gasteiger partial charge >= 0.3 is 13.6 Å². The highest BCUT2D eigenvalue weighted by atomic mass is 35.5. The fourth-order valence-electron chi connectivity index (χ4n) is 2.12. The normalized spacial score (nSPS) is 17.2. The Kier molecular flexibility index (Phi) is 11.2. The SMILES string of the molecule is CCCCC[N+](C)(CCS)CCC(O)(C(=O)O)P(=O)(O)O.[Cl-]. The molecule has 0 aromatic rings. The molecule has 0 heterocycles. The largest absolute Gasteiger partial charge is 1.00 e. The summed E-state index contributed by atoms with van der Waals surface area (Å²) in [6.45, 7) is 3.63. The second-order valence-electron chi connectivity index (χ2n) is 5.64. The second-order valence-corrected chi connectivity index (χ2v) is 7.91. The third-order valence-electron chi connectivity index (χ3n) is 3.77. The van der Waals surface area contributed by atoms with Crippen LogP contribution in [0.4, 0.5) is 0 Å². The smallest absolute Gasteiger partial charge is 0.368 e. The van der Waals surface area contributed by atoms with Crippen LogP contribution in [-0.2, 0) is 9.36 Å². The number of carbonyl (C=O) groups is 1. The van der Waals surface area contributed by atoms with Gasteiger partial charge in [0.2, 0.25) is 0 Å². The van der Waals surface area contributed by atoms with Gasteiger partial charge in [0, 0.05) is 12.2 Å². The first kappa shape index (κ1) is 24.4. The van der Waals surface area contributed by atoms with E-state index < -0.39 is 25.3 Å². The molecule has 0 aromatic heterocycles. The summed E-state index contributed by atoms with van der Waals surface area (Å²) in [5, 5.41) is 15.8. The molecule has 22 heavy (non-hydrogen) atoms.